The van der Waals surface area contributed by atoms with Gasteiger partial charge in [0.05, 0.1) is 5.69 Å². The van der Waals surface area contributed by atoms with E-state index in [1.165, 1.54) is 49.5 Å². The van der Waals surface area contributed by atoms with Gasteiger partial charge in [0.15, 0.2) is 0 Å². The molecule has 0 amide bonds. The molecule has 10 rings (SSSR count). The van der Waals surface area contributed by atoms with E-state index in [4.69, 9.17) is 4.42 Å². The first-order chi connectivity index (χ1) is 25.8. The lowest BCUT2D eigenvalue weighted by Gasteiger charge is -2.27. The maximum atomic E-state index is 6.29. The Kier molecular flexibility index (Phi) is 7.18. The molecule has 0 bridgehead atoms. The standard InChI is InChI=1S/C50H33NO/c1-3-12-34(13-4-1)35-24-28-40(29-25-35)51(47-22-11-18-39-32-49-46(33-45(39)47)44-19-7-8-23-48(44)52-49)41-30-26-37(27-31-41)43-21-10-17-38-16-9-20-42(50(38)43)36-14-5-2-6-15-36/h1-33H. The highest BCUT2D eigenvalue weighted by Crippen LogP contribution is 2.43. The van der Waals surface area contributed by atoms with Crippen molar-refractivity contribution in [2.24, 2.45) is 0 Å². The van der Waals surface area contributed by atoms with Gasteiger partial charge in [-0.2, -0.15) is 0 Å². The summed E-state index contributed by atoms with van der Waals surface area (Å²) in [4.78, 5) is 2.38. The van der Waals surface area contributed by atoms with Gasteiger partial charge in [0, 0.05) is 27.5 Å². The van der Waals surface area contributed by atoms with Crippen LogP contribution in [0.5, 0.6) is 0 Å². The van der Waals surface area contributed by atoms with Gasteiger partial charge < -0.3 is 9.32 Å². The van der Waals surface area contributed by atoms with Crippen LogP contribution >= 0.6 is 0 Å². The van der Waals surface area contributed by atoms with Crippen LogP contribution in [-0.2, 0) is 0 Å². The van der Waals surface area contributed by atoms with E-state index >= 15 is 0 Å². The van der Waals surface area contributed by atoms with E-state index in [9.17, 15) is 0 Å². The first-order valence-electron chi connectivity index (χ1n) is 17.8. The summed E-state index contributed by atoms with van der Waals surface area (Å²) in [5.41, 5.74) is 12.4. The Balaban J connectivity index is 1.14. The maximum absolute atomic E-state index is 6.29. The fraction of sp³-hybridized carbons (Fsp3) is 0. The van der Waals surface area contributed by atoms with E-state index in [1.807, 2.05) is 12.1 Å². The number of hydrogen-bond donors (Lipinski definition) is 0. The van der Waals surface area contributed by atoms with Crippen molar-refractivity contribution in [3.63, 3.8) is 0 Å². The molecule has 9 aromatic carbocycles. The molecule has 2 nitrogen and oxygen atoms in total. The lowest BCUT2D eigenvalue weighted by atomic mass is 9.91. The predicted molar refractivity (Wildman–Crippen MR) is 220 cm³/mol. The van der Waals surface area contributed by atoms with Gasteiger partial charge in [-0.25, -0.2) is 0 Å². The van der Waals surface area contributed by atoms with E-state index < -0.39 is 0 Å². The molecule has 0 fully saturated rings. The molecule has 1 aromatic heterocycles. The smallest absolute Gasteiger partial charge is 0.136 e. The number of benzene rings is 9. The third kappa shape index (κ3) is 5.12. The fourth-order valence-electron chi connectivity index (χ4n) is 7.77. The maximum Gasteiger partial charge on any atom is 0.136 e. The number of rotatable bonds is 6. The van der Waals surface area contributed by atoms with Crippen LogP contribution in [0.1, 0.15) is 0 Å². The van der Waals surface area contributed by atoms with Crippen LogP contribution in [0.4, 0.5) is 17.1 Å². The molecule has 0 saturated heterocycles. The molecule has 1 heterocycles. The Morgan fingerprint density at radius 2 is 0.865 bits per heavy atom. The zero-order valence-electron chi connectivity index (χ0n) is 28.4. The Labute approximate surface area is 302 Å². The van der Waals surface area contributed by atoms with Gasteiger partial charge in [0.1, 0.15) is 11.2 Å². The first kappa shape index (κ1) is 30.0. The first-order valence-corrected chi connectivity index (χ1v) is 17.8. The summed E-state index contributed by atoms with van der Waals surface area (Å²) in [5.74, 6) is 0. The van der Waals surface area contributed by atoms with Crippen molar-refractivity contribution >= 4 is 60.5 Å². The van der Waals surface area contributed by atoms with Gasteiger partial charge in [-0.05, 0) is 98.1 Å². The fourth-order valence-corrected chi connectivity index (χ4v) is 7.77. The SMILES string of the molecule is c1ccc(-c2ccc(N(c3ccc(-c4cccc5cccc(-c6ccccc6)c45)cc3)c3cccc4cc5oc6ccccc6c5cc34)cc2)cc1. The average Bonchev–Trinajstić information content (AvgIpc) is 3.58. The van der Waals surface area contributed by atoms with E-state index in [0.717, 1.165) is 44.4 Å². The number of anilines is 3. The Bertz CT molecular complexity index is 2870. The van der Waals surface area contributed by atoms with Gasteiger partial charge in [-0.1, -0.05) is 152 Å². The van der Waals surface area contributed by atoms with E-state index in [2.05, 4.69) is 193 Å². The normalized spacial score (nSPS) is 11.5. The molecule has 0 N–H and O–H groups in total. The number of furan rings is 1. The lowest BCUT2D eigenvalue weighted by Crippen LogP contribution is -2.10. The van der Waals surface area contributed by atoms with Gasteiger partial charge in [-0.15, -0.1) is 0 Å². The van der Waals surface area contributed by atoms with Crippen LogP contribution in [0.25, 0.3) is 76.9 Å². The predicted octanol–water partition coefficient (Wildman–Crippen LogP) is 14.4. The third-order valence-electron chi connectivity index (χ3n) is 10.3. The minimum Gasteiger partial charge on any atom is -0.456 e. The summed E-state index contributed by atoms with van der Waals surface area (Å²) >= 11 is 0. The van der Waals surface area contributed by atoms with Crippen LogP contribution in [0.2, 0.25) is 0 Å². The van der Waals surface area contributed by atoms with Crippen molar-refractivity contribution in [2.45, 2.75) is 0 Å². The summed E-state index contributed by atoms with van der Waals surface area (Å²) in [6, 6.07) is 71.8. The number of nitrogens with zero attached hydrogens (tertiary/aromatic N) is 1. The van der Waals surface area contributed by atoms with Crippen LogP contribution in [0, 0.1) is 0 Å². The Morgan fingerprint density at radius 3 is 1.56 bits per heavy atom. The van der Waals surface area contributed by atoms with Gasteiger partial charge >= 0.3 is 0 Å². The second-order valence-corrected chi connectivity index (χ2v) is 13.3. The van der Waals surface area contributed by atoms with Crippen molar-refractivity contribution < 1.29 is 4.42 Å². The second-order valence-electron chi connectivity index (χ2n) is 13.3. The molecule has 0 aliphatic rings. The topological polar surface area (TPSA) is 16.4 Å². The van der Waals surface area contributed by atoms with E-state index in [1.54, 1.807) is 0 Å². The summed E-state index contributed by atoms with van der Waals surface area (Å²) < 4.78 is 6.29. The molecule has 0 saturated carbocycles. The number of para-hydroxylation sites is 1. The van der Waals surface area contributed by atoms with Crippen molar-refractivity contribution in [1.82, 2.24) is 0 Å². The van der Waals surface area contributed by atoms with E-state index in [0.29, 0.717) is 0 Å². The second kappa shape index (κ2) is 12.5. The molecule has 0 spiro atoms. The largest absolute Gasteiger partial charge is 0.456 e. The quantitative estimate of drug-likeness (QED) is 0.176. The molecule has 52 heavy (non-hydrogen) atoms. The molecule has 0 aliphatic carbocycles. The molecule has 10 aromatic rings. The van der Waals surface area contributed by atoms with Crippen molar-refractivity contribution in [2.75, 3.05) is 4.90 Å². The molecule has 244 valence electrons. The monoisotopic (exact) mass is 663 g/mol. The summed E-state index contributed by atoms with van der Waals surface area (Å²) in [6.45, 7) is 0. The van der Waals surface area contributed by atoms with Gasteiger partial charge in [0.25, 0.3) is 0 Å². The van der Waals surface area contributed by atoms with Crippen LogP contribution < -0.4 is 4.90 Å². The average molecular weight is 664 g/mol. The molecular weight excluding hydrogens is 631 g/mol. The minimum absolute atomic E-state index is 0.902. The molecule has 0 radical (unpaired) electrons. The number of fused-ring (bicyclic) bond motifs is 5. The highest BCUT2D eigenvalue weighted by Gasteiger charge is 2.18. The number of hydrogen-bond acceptors (Lipinski definition) is 2. The van der Waals surface area contributed by atoms with Gasteiger partial charge in [0.2, 0.25) is 0 Å². The van der Waals surface area contributed by atoms with E-state index in [-0.39, 0.29) is 0 Å². The summed E-state index contributed by atoms with van der Waals surface area (Å²) in [7, 11) is 0. The van der Waals surface area contributed by atoms with Crippen molar-refractivity contribution in [3.05, 3.63) is 200 Å². The molecule has 0 atom stereocenters. The third-order valence-corrected chi connectivity index (χ3v) is 10.3. The molecule has 2 heteroatoms. The van der Waals surface area contributed by atoms with Crippen molar-refractivity contribution in [3.8, 4) is 33.4 Å². The van der Waals surface area contributed by atoms with Crippen LogP contribution in [0.15, 0.2) is 205 Å². The summed E-state index contributed by atoms with van der Waals surface area (Å²) in [6.07, 6.45) is 0. The van der Waals surface area contributed by atoms with Crippen LogP contribution in [-0.4, -0.2) is 0 Å². The Morgan fingerprint density at radius 1 is 0.327 bits per heavy atom. The molecule has 0 unspecified atom stereocenters. The highest BCUT2D eigenvalue weighted by molar-refractivity contribution is 6.13. The van der Waals surface area contributed by atoms with Crippen molar-refractivity contribution in [1.29, 1.82) is 0 Å². The van der Waals surface area contributed by atoms with Gasteiger partial charge in [-0.3, -0.25) is 0 Å². The zero-order valence-corrected chi connectivity index (χ0v) is 28.4. The molecule has 0 aliphatic heterocycles. The molecular formula is C50H33NO. The Hall–Kier alpha value is -6.90. The highest BCUT2D eigenvalue weighted by atomic mass is 16.3. The lowest BCUT2D eigenvalue weighted by molar-refractivity contribution is 0.669. The van der Waals surface area contributed by atoms with Crippen LogP contribution in [0.3, 0.4) is 0 Å². The minimum atomic E-state index is 0.902. The zero-order chi connectivity index (χ0) is 34.4. The summed E-state index contributed by atoms with van der Waals surface area (Å²) in [5, 5.41) is 7.05.